The van der Waals surface area contributed by atoms with E-state index in [0.717, 1.165) is 30.0 Å². The van der Waals surface area contributed by atoms with Crippen LogP contribution in [0, 0.1) is 11.6 Å². The number of nitrogens with zero attached hydrogens (tertiary/aromatic N) is 1. The van der Waals surface area contributed by atoms with Crippen molar-refractivity contribution in [2.75, 3.05) is 5.75 Å². The van der Waals surface area contributed by atoms with Crippen molar-refractivity contribution in [3.63, 3.8) is 0 Å². The first kappa shape index (κ1) is 18.3. The van der Waals surface area contributed by atoms with Gasteiger partial charge in [-0.25, -0.2) is 13.8 Å². The van der Waals surface area contributed by atoms with Crippen molar-refractivity contribution in [1.29, 1.82) is 0 Å². The Kier molecular flexibility index (Phi) is 5.53. The molecule has 1 heterocycles. The van der Waals surface area contributed by atoms with Crippen molar-refractivity contribution < 1.29 is 18.3 Å². The molecule has 0 aliphatic rings. The van der Waals surface area contributed by atoms with E-state index in [-0.39, 0.29) is 23.1 Å². The van der Waals surface area contributed by atoms with Crippen LogP contribution in [0.3, 0.4) is 0 Å². The number of rotatable bonds is 5. The van der Waals surface area contributed by atoms with Crippen LogP contribution in [-0.4, -0.2) is 21.7 Å². The SMILES string of the molecule is O=C(CSc1cc(F)ccc1F)OCc1nc2ccc(Cl)cc2c(=O)[nH]1. The number of benzene rings is 2. The lowest BCUT2D eigenvalue weighted by atomic mass is 10.2. The highest BCUT2D eigenvalue weighted by Crippen LogP contribution is 2.22. The molecule has 1 N–H and O–H groups in total. The standard InChI is InChI=1S/C17H11ClF2N2O3S/c18-9-1-4-13-11(5-9)17(24)22-15(21-13)7-25-16(23)8-26-14-6-10(19)2-3-12(14)20/h1-6H,7-8H2,(H,21,22,24). The molecular formula is C17H11ClF2N2O3S. The predicted molar refractivity (Wildman–Crippen MR) is 94.3 cm³/mol. The maximum atomic E-state index is 13.5. The topological polar surface area (TPSA) is 72.0 Å². The number of aromatic amines is 1. The monoisotopic (exact) mass is 396 g/mol. The van der Waals surface area contributed by atoms with Gasteiger partial charge < -0.3 is 9.72 Å². The van der Waals surface area contributed by atoms with Gasteiger partial charge in [0.1, 0.15) is 24.1 Å². The van der Waals surface area contributed by atoms with Crippen LogP contribution in [-0.2, 0) is 16.1 Å². The second kappa shape index (κ2) is 7.84. The minimum Gasteiger partial charge on any atom is -0.457 e. The van der Waals surface area contributed by atoms with Gasteiger partial charge >= 0.3 is 5.97 Å². The summed E-state index contributed by atoms with van der Waals surface area (Å²) in [4.78, 5) is 30.5. The van der Waals surface area contributed by atoms with Crippen molar-refractivity contribution in [1.82, 2.24) is 9.97 Å². The maximum Gasteiger partial charge on any atom is 0.316 e. The summed E-state index contributed by atoms with van der Waals surface area (Å²) >= 11 is 6.65. The van der Waals surface area contributed by atoms with Crippen LogP contribution in [0.4, 0.5) is 8.78 Å². The lowest BCUT2D eigenvalue weighted by Crippen LogP contribution is -2.15. The third-order valence-electron chi connectivity index (χ3n) is 3.33. The maximum absolute atomic E-state index is 13.5. The normalized spacial score (nSPS) is 10.9. The first-order valence-electron chi connectivity index (χ1n) is 7.34. The number of halogens is 3. The van der Waals surface area contributed by atoms with E-state index in [1.807, 2.05) is 0 Å². The predicted octanol–water partition coefficient (Wildman–Crippen LogP) is 3.69. The number of aromatic nitrogens is 2. The Balaban J connectivity index is 1.62. The van der Waals surface area contributed by atoms with E-state index in [4.69, 9.17) is 16.3 Å². The van der Waals surface area contributed by atoms with Gasteiger partial charge in [-0.05, 0) is 36.4 Å². The van der Waals surface area contributed by atoms with Gasteiger partial charge in [0.15, 0.2) is 0 Å². The second-order valence-corrected chi connectivity index (χ2v) is 6.65. The van der Waals surface area contributed by atoms with Gasteiger partial charge in [-0.3, -0.25) is 9.59 Å². The molecule has 0 bridgehead atoms. The summed E-state index contributed by atoms with van der Waals surface area (Å²) in [6.07, 6.45) is 0. The lowest BCUT2D eigenvalue weighted by Gasteiger charge is -2.06. The molecular weight excluding hydrogens is 386 g/mol. The Morgan fingerprint density at radius 1 is 1.23 bits per heavy atom. The van der Waals surface area contributed by atoms with Crippen molar-refractivity contribution >= 4 is 40.2 Å². The largest absolute Gasteiger partial charge is 0.457 e. The molecule has 0 saturated heterocycles. The van der Waals surface area contributed by atoms with Crippen LogP contribution in [0.2, 0.25) is 5.02 Å². The number of esters is 1. The average molecular weight is 397 g/mol. The molecule has 134 valence electrons. The van der Waals surface area contributed by atoms with Crippen LogP contribution in [0.5, 0.6) is 0 Å². The van der Waals surface area contributed by atoms with Gasteiger partial charge in [-0.2, -0.15) is 0 Å². The highest BCUT2D eigenvalue weighted by Gasteiger charge is 2.11. The number of ether oxygens (including phenoxy) is 1. The molecule has 2 aromatic carbocycles. The van der Waals surface area contributed by atoms with Crippen molar-refractivity contribution in [3.05, 3.63) is 69.2 Å². The zero-order valence-electron chi connectivity index (χ0n) is 13.1. The summed E-state index contributed by atoms with van der Waals surface area (Å²) in [6, 6.07) is 7.65. The molecule has 0 aliphatic carbocycles. The van der Waals surface area contributed by atoms with Crippen LogP contribution >= 0.6 is 23.4 Å². The first-order chi connectivity index (χ1) is 12.4. The number of nitrogens with one attached hydrogen (secondary N) is 1. The molecule has 0 spiro atoms. The molecule has 0 unspecified atom stereocenters. The Morgan fingerprint density at radius 3 is 2.85 bits per heavy atom. The molecule has 5 nitrogen and oxygen atoms in total. The molecule has 26 heavy (non-hydrogen) atoms. The van der Waals surface area contributed by atoms with Gasteiger partial charge in [0.2, 0.25) is 0 Å². The molecule has 0 saturated carbocycles. The first-order valence-corrected chi connectivity index (χ1v) is 8.70. The number of hydrogen-bond donors (Lipinski definition) is 1. The molecule has 1 aromatic heterocycles. The van der Waals surface area contributed by atoms with Crippen LogP contribution < -0.4 is 5.56 Å². The second-order valence-electron chi connectivity index (χ2n) is 5.20. The molecule has 0 amide bonds. The van der Waals surface area contributed by atoms with E-state index in [2.05, 4.69) is 9.97 Å². The van der Waals surface area contributed by atoms with Gasteiger partial charge in [0.25, 0.3) is 5.56 Å². The quantitative estimate of drug-likeness (QED) is 0.526. The van der Waals surface area contributed by atoms with E-state index in [9.17, 15) is 18.4 Å². The Hall–Kier alpha value is -2.45. The molecule has 3 aromatic rings. The van der Waals surface area contributed by atoms with E-state index in [1.54, 1.807) is 12.1 Å². The number of H-pyrrole nitrogens is 1. The van der Waals surface area contributed by atoms with Gasteiger partial charge in [-0.1, -0.05) is 11.6 Å². The van der Waals surface area contributed by atoms with Crippen LogP contribution in [0.15, 0.2) is 46.1 Å². The fourth-order valence-electron chi connectivity index (χ4n) is 2.14. The lowest BCUT2D eigenvalue weighted by molar-refractivity contribution is -0.141. The minimum absolute atomic E-state index is 0.0102. The summed E-state index contributed by atoms with van der Waals surface area (Å²) in [5.74, 6) is -1.92. The van der Waals surface area contributed by atoms with Crippen LogP contribution in [0.25, 0.3) is 10.9 Å². The zero-order chi connectivity index (χ0) is 18.7. The third kappa shape index (κ3) is 4.39. The Labute approximate surface area is 155 Å². The Bertz CT molecular complexity index is 1040. The molecule has 0 fully saturated rings. The summed E-state index contributed by atoms with van der Waals surface area (Å²) in [5.41, 5.74) is 0.0140. The van der Waals surface area contributed by atoms with Crippen LogP contribution in [0.1, 0.15) is 5.82 Å². The van der Waals surface area contributed by atoms with Gasteiger partial charge in [-0.15, -0.1) is 11.8 Å². The summed E-state index contributed by atoms with van der Waals surface area (Å²) < 4.78 is 31.6. The third-order valence-corrected chi connectivity index (χ3v) is 4.56. The van der Waals surface area contributed by atoms with Crippen molar-refractivity contribution in [3.8, 4) is 0 Å². The Morgan fingerprint density at radius 2 is 2.04 bits per heavy atom. The van der Waals surface area contributed by atoms with Gasteiger partial charge in [0, 0.05) is 9.92 Å². The van der Waals surface area contributed by atoms with E-state index in [1.165, 1.54) is 6.07 Å². The summed E-state index contributed by atoms with van der Waals surface area (Å²) in [5, 5.41) is 0.732. The average Bonchev–Trinajstić information content (AvgIpc) is 2.61. The highest BCUT2D eigenvalue weighted by atomic mass is 35.5. The number of fused-ring (bicyclic) bond motifs is 1. The number of carbonyl (C=O) groups excluding carboxylic acids is 1. The summed E-state index contributed by atoms with van der Waals surface area (Å²) in [7, 11) is 0. The van der Waals surface area contributed by atoms with Crippen molar-refractivity contribution in [2.24, 2.45) is 0 Å². The zero-order valence-corrected chi connectivity index (χ0v) is 14.7. The minimum atomic E-state index is -0.655. The van der Waals surface area contributed by atoms with Crippen molar-refractivity contribution in [2.45, 2.75) is 11.5 Å². The fourth-order valence-corrected chi connectivity index (χ4v) is 3.07. The number of carbonyl (C=O) groups is 1. The molecule has 9 heteroatoms. The molecule has 0 radical (unpaired) electrons. The summed E-state index contributed by atoms with van der Waals surface area (Å²) in [6.45, 7) is -0.251. The molecule has 3 rings (SSSR count). The molecule has 0 atom stereocenters. The smallest absolute Gasteiger partial charge is 0.316 e. The van der Waals surface area contributed by atoms with E-state index >= 15 is 0 Å². The van der Waals surface area contributed by atoms with E-state index < -0.39 is 23.2 Å². The van der Waals surface area contributed by atoms with Gasteiger partial charge in [0.05, 0.1) is 16.7 Å². The number of hydrogen-bond acceptors (Lipinski definition) is 5. The number of thioether (sulfide) groups is 1. The van der Waals surface area contributed by atoms with E-state index in [0.29, 0.717) is 15.9 Å². The highest BCUT2D eigenvalue weighted by molar-refractivity contribution is 8.00. The molecule has 0 aliphatic heterocycles. The fraction of sp³-hybridized carbons (Fsp3) is 0.118.